The highest BCUT2D eigenvalue weighted by atomic mass is 32.2. The number of guanidine groups is 1. The Morgan fingerprint density at radius 2 is 2.10 bits per heavy atom. The molecule has 21 heavy (non-hydrogen) atoms. The molecule has 1 aromatic rings. The van der Waals surface area contributed by atoms with Crippen LogP contribution in [-0.2, 0) is 13.0 Å². The molecule has 1 aliphatic heterocycles. The van der Waals surface area contributed by atoms with Crippen LogP contribution < -0.4 is 10.6 Å². The maximum absolute atomic E-state index is 4.77. The topological polar surface area (TPSA) is 36.4 Å². The van der Waals surface area contributed by atoms with Crippen molar-refractivity contribution in [3.8, 4) is 0 Å². The molecule has 0 amide bonds. The fourth-order valence-corrected chi connectivity index (χ4v) is 3.66. The third kappa shape index (κ3) is 5.27. The summed E-state index contributed by atoms with van der Waals surface area (Å²) >= 11 is 2.04. The van der Waals surface area contributed by atoms with Gasteiger partial charge in [-0.3, -0.25) is 0 Å². The first-order valence-electron chi connectivity index (χ1n) is 8.02. The summed E-state index contributed by atoms with van der Waals surface area (Å²) in [6.45, 7) is 5.97. The Hall–Kier alpha value is -1.16. The number of aliphatic imine (C=N–C) groups is 1. The first kappa shape index (κ1) is 16.2. The van der Waals surface area contributed by atoms with Gasteiger partial charge in [0.15, 0.2) is 5.96 Å². The molecule has 1 atom stereocenters. The van der Waals surface area contributed by atoms with E-state index in [0.29, 0.717) is 6.04 Å². The van der Waals surface area contributed by atoms with Crippen molar-refractivity contribution in [1.82, 2.24) is 10.6 Å². The third-order valence-corrected chi connectivity index (χ3v) is 4.97. The molecule has 0 aliphatic carbocycles. The molecule has 0 saturated carbocycles. The van der Waals surface area contributed by atoms with Crippen molar-refractivity contribution < 1.29 is 0 Å². The van der Waals surface area contributed by atoms with Crippen LogP contribution in [0.15, 0.2) is 29.3 Å². The predicted octanol–water partition coefficient (Wildman–Crippen LogP) is 3.20. The van der Waals surface area contributed by atoms with E-state index in [1.165, 1.54) is 35.5 Å². The van der Waals surface area contributed by atoms with Gasteiger partial charge >= 0.3 is 0 Å². The van der Waals surface area contributed by atoms with E-state index in [4.69, 9.17) is 4.99 Å². The second-order valence-corrected chi connectivity index (χ2v) is 6.53. The van der Waals surface area contributed by atoms with E-state index < -0.39 is 0 Å². The van der Waals surface area contributed by atoms with Crippen molar-refractivity contribution >= 4 is 17.7 Å². The Bertz CT molecular complexity index is 453. The SMILES string of the molecule is CCNC(=NCc1ccccc1CC)NC1CCCSC1. The van der Waals surface area contributed by atoms with Gasteiger partial charge in [-0.25, -0.2) is 4.99 Å². The monoisotopic (exact) mass is 305 g/mol. The number of nitrogens with zero attached hydrogens (tertiary/aromatic N) is 1. The quantitative estimate of drug-likeness (QED) is 0.648. The lowest BCUT2D eigenvalue weighted by molar-refractivity contribution is 0.582. The van der Waals surface area contributed by atoms with Crippen LogP contribution in [0.25, 0.3) is 0 Å². The maximum Gasteiger partial charge on any atom is 0.191 e. The van der Waals surface area contributed by atoms with Crippen molar-refractivity contribution in [2.75, 3.05) is 18.1 Å². The molecule has 1 unspecified atom stereocenters. The fourth-order valence-electron chi connectivity index (χ4n) is 2.59. The molecule has 1 aliphatic rings. The maximum atomic E-state index is 4.77. The van der Waals surface area contributed by atoms with Gasteiger partial charge in [-0.05, 0) is 43.1 Å². The molecular formula is C17H27N3S. The van der Waals surface area contributed by atoms with E-state index in [1.807, 2.05) is 11.8 Å². The minimum absolute atomic E-state index is 0.558. The second-order valence-electron chi connectivity index (χ2n) is 5.38. The van der Waals surface area contributed by atoms with Gasteiger partial charge < -0.3 is 10.6 Å². The minimum Gasteiger partial charge on any atom is -0.357 e. The van der Waals surface area contributed by atoms with Crippen LogP contribution >= 0.6 is 11.8 Å². The summed E-state index contributed by atoms with van der Waals surface area (Å²) in [6.07, 6.45) is 3.62. The first-order valence-corrected chi connectivity index (χ1v) is 9.18. The Kier molecular flexibility index (Phi) is 6.93. The van der Waals surface area contributed by atoms with Crippen LogP contribution in [0.2, 0.25) is 0 Å². The van der Waals surface area contributed by atoms with Gasteiger partial charge in [-0.15, -0.1) is 0 Å². The molecule has 3 nitrogen and oxygen atoms in total. The highest BCUT2D eigenvalue weighted by Crippen LogP contribution is 2.17. The van der Waals surface area contributed by atoms with Crippen molar-refractivity contribution in [1.29, 1.82) is 0 Å². The Morgan fingerprint density at radius 1 is 1.29 bits per heavy atom. The van der Waals surface area contributed by atoms with E-state index in [2.05, 4.69) is 48.7 Å². The Labute approximate surface area is 133 Å². The van der Waals surface area contributed by atoms with E-state index in [-0.39, 0.29) is 0 Å². The fraction of sp³-hybridized carbons (Fsp3) is 0.588. The number of rotatable bonds is 5. The van der Waals surface area contributed by atoms with Gasteiger partial charge in [-0.2, -0.15) is 11.8 Å². The average molecular weight is 305 g/mol. The molecule has 0 aromatic heterocycles. The van der Waals surface area contributed by atoms with E-state index in [9.17, 15) is 0 Å². The van der Waals surface area contributed by atoms with Gasteiger partial charge in [0.25, 0.3) is 0 Å². The van der Waals surface area contributed by atoms with Crippen molar-refractivity contribution in [3.63, 3.8) is 0 Å². The highest BCUT2D eigenvalue weighted by molar-refractivity contribution is 7.99. The van der Waals surface area contributed by atoms with Gasteiger partial charge in [0.05, 0.1) is 6.54 Å². The molecule has 0 radical (unpaired) electrons. The number of thioether (sulfide) groups is 1. The summed E-state index contributed by atoms with van der Waals surface area (Å²) in [7, 11) is 0. The normalized spacial score (nSPS) is 19.3. The third-order valence-electron chi connectivity index (χ3n) is 3.75. The number of aryl methyl sites for hydroxylation is 1. The van der Waals surface area contributed by atoms with Crippen LogP contribution in [0.5, 0.6) is 0 Å². The smallest absolute Gasteiger partial charge is 0.191 e. The van der Waals surface area contributed by atoms with Crippen LogP contribution in [-0.4, -0.2) is 30.1 Å². The van der Waals surface area contributed by atoms with Gasteiger partial charge in [0, 0.05) is 18.3 Å². The van der Waals surface area contributed by atoms with Crippen LogP contribution in [0.3, 0.4) is 0 Å². The lowest BCUT2D eigenvalue weighted by atomic mass is 10.1. The Morgan fingerprint density at radius 3 is 2.76 bits per heavy atom. The number of hydrogen-bond donors (Lipinski definition) is 2. The molecule has 0 bridgehead atoms. The molecule has 0 spiro atoms. The molecule has 116 valence electrons. The zero-order valence-corrected chi connectivity index (χ0v) is 14.0. The summed E-state index contributed by atoms with van der Waals surface area (Å²) in [5.74, 6) is 3.45. The van der Waals surface area contributed by atoms with E-state index in [1.54, 1.807) is 0 Å². The van der Waals surface area contributed by atoms with Gasteiger partial charge in [0.1, 0.15) is 0 Å². The van der Waals surface area contributed by atoms with Crippen molar-refractivity contribution in [2.45, 2.75) is 45.7 Å². The van der Waals surface area contributed by atoms with E-state index in [0.717, 1.165) is 25.5 Å². The minimum atomic E-state index is 0.558. The summed E-state index contributed by atoms with van der Waals surface area (Å²) in [4.78, 5) is 4.77. The molecule has 2 rings (SSSR count). The molecule has 1 aromatic carbocycles. The van der Waals surface area contributed by atoms with E-state index >= 15 is 0 Å². The second kappa shape index (κ2) is 8.98. The molecule has 4 heteroatoms. The lowest BCUT2D eigenvalue weighted by Gasteiger charge is -2.24. The van der Waals surface area contributed by atoms with Gasteiger partial charge in [-0.1, -0.05) is 31.2 Å². The number of hydrogen-bond acceptors (Lipinski definition) is 2. The molecule has 1 saturated heterocycles. The number of benzene rings is 1. The highest BCUT2D eigenvalue weighted by Gasteiger charge is 2.14. The van der Waals surface area contributed by atoms with Crippen molar-refractivity contribution in [2.24, 2.45) is 4.99 Å². The largest absolute Gasteiger partial charge is 0.357 e. The van der Waals surface area contributed by atoms with Crippen LogP contribution in [0, 0.1) is 0 Å². The number of nitrogens with one attached hydrogen (secondary N) is 2. The summed E-state index contributed by atoms with van der Waals surface area (Å²) < 4.78 is 0. The Balaban J connectivity index is 1.99. The standard InChI is InChI=1S/C17H27N3S/c1-3-14-8-5-6-9-15(14)12-19-17(18-4-2)20-16-10-7-11-21-13-16/h5-6,8-9,16H,3-4,7,10-13H2,1-2H3,(H2,18,19,20). The average Bonchev–Trinajstić information content (AvgIpc) is 2.54. The summed E-state index contributed by atoms with van der Waals surface area (Å²) in [6, 6.07) is 9.14. The first-order chi connectivity index (χ1) is 10.3. The lowest BCUT2D eigenvalue weighted by Crippen LogP contribution is -2.45. The molecule has 1 fully saturated rings. The summed E-state index contributed by atoms with van der Waals surface area (Å²) in [5, 5.41) is 6.95. The molecule has 2 N–H and O–H groups in total. The van der Waals surface area contributed by atoms with Crippen molar-refractivity contribution in [3.05, 3.63) is 35.4 Å². The molecule has 1 heterocycles. The van der Waals surface area contributed by atoms with Crippen LogP contribution in [0.4, 0.5) is 0 Å². The predicted molar refractivity (Wildman–Crippen MR) is 94.1 cm³/mol. The zero-order chi connectivity index (χ0) is 14.9. The zero-order valence-electron chi connectivity index (χ0n) is 13.2. The van der Waals surface area contributed by atoms with Gasteiger partial charge in [0.2, 0.25) is 0 Å². The summed E-state index contributed by atoms with van der Waals surface area (Å²) in [5.41, 5.74) is 2.72. The van der Waals surface area contributed by atoms with Crippen LogP contribution in [0.1, 0.15) is 37.8 Å². The molecular weight excluding hydrogens is 278 g/mol.